The Kier molecular flexibility index (Phi) is 9.29. The molecular weight excluding hydrogens is 537 g/mol. The van der Waals surface area contributed by atoms with E-state index in [2.05, 4.69) is 21.2 Å². The maximum atomic E-state index is 13.5. The van der Waals surface area contributed by atoms with Crippen molar-refractivity contribution >= 4 is 43.5 Å². The van der Waals surface area contributed by atoms with Gasteiger partial charge in [-0.2, -0.15) is 0 Å². The first kappa shape index (κ1) is 27.1. The summed E-state index contributed by atoms with van der Waals surface area (Å²) in [4.78, 5) is 28.0. The summed E-state index contributed by atoms with van der Waals surface area (Å²) in [6.45, 7) is 1.18. The van der Waals surface area contributed by atoms with Gasteiger partial charge in [0.25, 0.3) is 0 Å². The number of para-hydroxylation sites is 1. The molecule has 0 spiro atoms. The van der Waals surface area contributed by atoms with E-state index in [-0.39, 0.29) is 18.5 Å². The van der Waals surface area contributed by atoms with Crippen molar-refractivity contribution in [1.29, 1.82) is 0 Å². The fraction of sp³-hybridized carbons (Fsp3) is 0.440. The van der Waals surface area contributed by atoms with Crippen LogP contribution in [0.4, 0.5) is 10.1 Å². The molecule has 7 nitrogen and oxygen atoms in total. The minimum atomic E-state index is -3.81. The molecule has 0 saturated heterocycles. The molecule has 2 aromatic rings. The van der Waals surface area contributed by atoms with Crippen molar-refractivity contribution in [3.63, 3.8) is 0 Å². The summed E-state index contributed by atoms with van der Waals surface area (Å²) in [5, 5.41) is 3.04. The van der Waals surface area contributed by atoms with E-state index in [1.165, 1.54) is 17.0 Å². The molecule has 0 aliphatic heterocycles. The van der Waals surface area contributed by atoms with Gasteiger partial charge in [-0.3, -0.25) is 13.9 Å². The summed E-state index contributed by atoms with van der Waals surface area (Å²) in [6, 6.07) is 11.6. The third-order valence-corrected chi connectivity index (χ3v) is 7.98. The average Bonchev–Trinajstić information content (AvgIpc) is 2.82. The van der Waals surface area contributed by atoms with Crippen molar-refractivity contribution in [2.45, 2.75) is 57.7 Å². The van der Waals surface area contributed by atoms with E-state index in [1.54, 1.807) is 43.3 Å². The molecule has 1 aliphatic rings. The maximum absolute atomic E-state index is 13.5. The van der Waals surface area contributed by atoms with E-state index in [4.69, 9.17) is 0 Å². The molecule has 3 rings (SSSR count). The Morgan fingerprint density at radius 1 is 1.09 bits per heavy atom. The number of hydrogen-bond acceptors (Lipinski definition) is 4. The molecule has 0 bridgehead atoms. The molecule has 1 fully saturated rings. The van der Waals surface area contributed by atoms with Crippen LogP contribution < -0.4 is 9.62 Å². The summed E-state index contributed by atoms with van der Waals surface area (Å²) in [7, 11) is -3.81. The molecule has 1 saturated carbocycles. The van der Waals surface area contributed by atoms with E-state index in [9.17, 15) is 22.4 Å². The van der Waals surface area contributed by atoms with Crippen LogP contribution >= 0.6 is 15.9 Å². The second kappa shape index (κ2) is 12.0. The second-order valence-electron chi connectivity index (χ2n) is 8.89. The molecule has 0 radical (unpaired) electrons. The lowest BCUT2D eigenvalue weighted by molar-refractivity contribution is -0.139. The molecule has 0 aromatic heterocycles. The van der Waals surface area contributed by atoms with E-state index < -0.39 is 34.3 Å². The molecule has 0 heterocycles. The zero-order valence-corrected chi connectivity index (χ0v) is 22.3. The number of nitrogens with one attached hydrogen (secondary N) is 1. The Hall–Kier alpha value is -2.46. The van der Waals surface area contributed by atoms with Crippen LogP contribution in [0, 0.1) is 5.82 Å². The van der Waals surface area contributed by atoms with Gasteiger partial charge in [-0.05, 0) is 65.5 Å². The number of rotatable bonds is 9. The largest absolute Gasteiger partial charge is 0.352 e. The van der Waals surface area contributed by atoms with Crippen LogP contribution in [-0.2, 0) is 26.2 Å². The van der Waals surface area contributed by atoms with Crippen molar-refractivity contribution in [1.82, 2.24) is 10.2 Å². The molecule has 1 N–H and O–H groups in total. The van der Waals surface area contributed by atoms with Crippen LogP contribution in [0.3, 0.4) is 0 Å². The molecule has 1 aliphatic carbocycles. The lowest BCUT2D eigenvalue weighted by atomic mass is 9.95. The Bertz CT molecular complexity index is 1140. The van der Waals surface area contributed by atoms with Gasteiger partial charge in [0.1, 0.15) is 18.4 Å². The summed E-state index contributed by atoms with van der Waals surface area (Å²) >= 11 is 3.35. The summed E-state index contributed by atoms with van der Waals surface area (Å²) in [5.41, 5.74) is 0.952. The normalized spacial score (nSPS) is 15.3. The minimum Gasteiger partial charge on any atom is -0.352 e. The van der Waals surface area contributed by atoms with Crippen LogP contribution in [0.2, 0.25) is 0 Å². The van der Waals surface area contributed by atoms with Crippen LogP contribution in [0.5, 0.6) is 0 Å². The van der Waals surface area contributed by atoms with E-state index >= 15 is 0 Å². The van der Waals surface area contributed by atoms with E-state index in [0.29, 0.717) is 15.7 Å². The van der Waals surface area contributed by atoms with Gasteiger partial charge in [-0.25, -0.2) is 12.8 Å². The van der Waals surface area contributed by atoms with Crippen molar-refractivity contribution in [2.75, 3.05) is 17.1 Å². The zero-order chi connectivity index (χ0) is 25.6. The predicted molar refractivity (Wildman–Crippen MR) is 138 cm³/mol. The van der Waals surface area contributed by atoms with Gasteiger partial charge in [0.2, 0.25) is 21.8 Å². The number of nitrogens with zero attached hydrogens (tertiary/aromatic N) is 2. The second-order valence-corrected chi connectivity index (χ2v) is 11.6. The highest BCUT2D eigenvalue weighted by Gasteiger charge is 2.31. The van der Waals surface area contributed by atoms with Crippen LogP contribution in [0.1, 0.15) is 44.6 Å². The van der Waals surface area contributed by atoms with Gasteiger partial charge in [0.15, 0.2) is 0 Å². The quantitative estimate of drug-likeness (QED) is 0.491. The van der Waals surface area contributed by atoms with Crippen molar-refractivity contribution in [3.8, 4) is 0 Å². The number of sulfonamides is 1. The average molecular weight is 569 g/mol. The fourth-order valence-electron chi connectivity index (χ4n) is 4.19. The van der Waals surface area contributed by atoms with Crippen LogP contribution in [-0.4, -0.2) is 50.0 Å². The van der Waals surface area contributed by atoms with E-state index in [1.807, 2.05) is 0 Å². The third-order valence-electron chi connectivity index (χ3n) is 6.19. The molecule has 2 aromatic carbocycles. The first-order valence-corrected chi connectivity index (χ1v) is 14.3. The highest BCUT2D eigenvalue weighted by atomic mass is 79.9. The van der Waals surface area contributed by atoms with Crippen LogP contribution in [0.15, 0.2) is 53.0 Å². The maximum Gasteiger partial charge on any atom is 0.244 e. The topological polar surface area (TPSA) is 86.8 Å². The number of benzene rings is 2. The zero-order valence-electron chi connectivity index (χ0n) is 19.9. The molecule has 10 heteroatoms. The van der Waals surface area contributed by atoms with Gasteiger partial charge in [-0.15, -0.1) is 0 Å². The Morgan fingerprint density at radius 2 is 1.71 bits per heavy atom. The summed E-state index contributed by atoms with van der Waals surface area (Å²) < 4.78 is 40.2. The first-order valence-electron chi connectivity index (χ1n) is 11.6. The third kappa shape index (κ3) is 7.51. The number of anilines is 1. The van der Waals surface area contributed by atoms with Gasteiger partial charge < -0.3 is 10.2 Å². The molecular formula is C25H31BrFN3O4S. The highest BCUT2D eigenvalue weighted by molar-refractivity contribution is 9.10. The van der Waals surface area contributed by atoms with Gasteiger partial charge >= 0.3 is 0 Å². The lowest BCUT2D eigenvalue weighted by Gasteiger charge is -2.33. The van der Waals surface area contributed by atoms with E-state index in [0.717, 1.165) is 42.7 Å². The van der Waals surface area contributed by atoms with Gasteiger partial charge in [0, 0.05) is 17.1 Å². The van der Waals surface area contributed by atoms with Gasteiger partial charge in [0.05, 0.1) is 11.9 Å². The number of carbonyl (C=O) groups is 2. The SMILES string of the molecule is CC(C(=O)NC1CCCCC1)N(Cc1ccc(F)cc1)C(=O)CN(c1ccccc1Br)S(C)(=O)=O. The Labute approximate surface area is 214 Å². The predicted octanol–water partition coefficient (Wildman–Crippen LogP) is 4.22. The molecule has 35 heavy (non-hydrogen) atoms. The lowest BCUT2D eigenvalue weighted by Crippen LogP contribution is -2.53. The molecule has 2 amide bonds. The summed E-state index contributed by atoms with van der Waals surface area (Å²) in [5.74, 6) is -1.24. The minimum absolute atomic E-state index is 0.0337. The Morgan fingerprint density at radius 3 is 2.31 bits per heavy atom. The summed E-state index contributed by atoms with van der Waals surface area (Å²) in [6.07, 6.45) is 6.07. The Balaban J connectivity index is 1.87. The molecule has 1 atom stereocenters. The number of halogens is 2. The standard InChI is InChI=1S/C25H31BrFN3O4S/c1-18(25(32)28-21-8-4-3-5-9-21)29(16-19-12-14-20(27)15-13-19)24(31)17-30(35(2,33)34)23-11-7-6-10-22(23)26/h6-7,10-15,18,21H,3-5,8-9,16-17H2,1-2H3,(H,28,32). The molecule has 190 valence electrons. The monoisotopic (exact) mass is 567 g/mol. The number of hydrogen-bond donors (Lipinski definition) is 1. The fourth-order valence-corrected chi connectivity index (χ4v) is 5.66. The first-order chi connectivity index (χ1) is 16.6. The number of carbonyl (C=O) groups excluding carboxylic acids is 2. The highest BCUT2D eigenvalue weighted by Crippen LogP contribution is 2.28. The number of amides is 2. The van der Waals surface area contributed by atoms with Crippen molar-refractivity contribution in [3.05, 3.63) is 64.4 Å². The van der Waals surface area contributed by atoms with Crippen LogP contribution in [0.25, 0.3) is 0 Å². The van der Waals surface area contributed by atoms with Crippen molar-refractivity contribution < 1.29 is 22.4 Å². The van der Waals surface area contributed by atoms with Gasteiger partial charge in [-0.1, -0.05) is 43.5 Å². The molecule has 1 unspecified atom stereocenters. The smallest absolute Gasteiger partial charge is 0.244 e. The van der Waals surface area contributed by atoms with Crippen molar-refractivity contribution in [2.24, 2.45) is 0 Å².